The van der Waals surface area contributed by atoms with Crippen molar-refractivity contribution in [1.29, 1.82) is 0 Å². The average molecular weight is 226 g/mol. The van der Waals surface area contributed by atoms with Crippen molar-refractivity contribution in [2.24, 2.45) is 11.7 Å². The molecule has 1 saturated carbocycles. The van der Waals surface area contributed by atoms with Gasteiger partial charge in [-0.15, -0.1) is 0 Å². The van der Waals surface area contributed by atoms with Crippen LogP contribution in [0.25, 0.3) is 0 Å². The molecular weight excluding hydrogens is 200 g/mol. The minimum atomic E-state index is -0.104. The van der Waals surface area contributed by atoms with Gasteiger partial charge >= 0.3 is 0 Å². The largest absolute Gasteiger partial charge is 0.391 e. The van der Waals surface area contributed by atoms with Gasteiger partial charge in [0.1, 0.15) is 0 Å². The van der Waals surface area contributed by atoms with E-state index in [2.05, 4.69) is 11.8 Å². The third kappa shape index (κ3) is 2.58. The van der Waals surface area contributed by atoms with Crippen molar-refractivity contribution in [3.8, 4) is 0 Å². The van der Waals surface area contributed by atoms with Crippen molar-refractivity contribution >= 4 is 0 Å². The highest BCUT2D eigenvalue weighted by Crippen LogP contribution is 2.30. The second-order valence-corrected chi connectivity index (χ2v) is 5.64. The smallest absolute Gasteiger partial charge is 0.0695 e. The standard InChI is InChI=1S/C13H26N2O/c1-10-6-7-11(8-14)9-15(10)12-4-2-3-5-13(12)16/h10-13,16H,2-9,14H2,1H3. The van der Waals surface area contributed by atoms with Gasteiger partial charge < -0.3 is 10.8 Å². The number of nitrogens with zero attached hydrogens (tertiary/aromatic N) is 1. The van der Waals surface area contributed by atoms with Crippen molar-refractivity contribution < 1.29 is 5.11 Å². The van der Waals surface area contributed by atoms with Gasteiger partial charge in [0, 0.05) is 18.6 Å². The first-order chi connectivity index (χ1) is 7.72. The van der Waals surface area contributed by atoms with Gasteiger partial charge in [0.2, 0.25) is 0 Å². The Morgan fingerprint density at radius 3 is 2.62 bits per heavy atom. The van der Waals surface area contributed by atoms with Crippen molar-refractivity contribution in [2.75, 3.05) is 13.1 Å². The highest BCUT2D eigenvalue weighted by molar-refractivity contribution is 4.89. The van der Waals surface area contributed by atoms with E-state index in [1.807, 2.05) is 0 Å². The highest BCUT2D eigenvalue weighted by Gasteiger charge is 2.34. The summed E-state index contributed by atoms with van der Waals surface area (Å²) in [5, 5.41) is 10.1. The fraction of sp³-hybridized carbons (Fsp3) is 1.00. The van der Waals surface area contributed by atoms with E-state index in [1.165, 1.54) is 32.1 Å². The summed E-state index contributed by atoms with van der Waals surface area (Å²) in [7, 11) is 0. The van der Waals surface area contributed by atoms with Gasteiger partial charge in [0.15, 0.2) is 0 Å². The van der Waals surface area contributed by atoms with Gasteiger partial charge in [-0.3, -0.25) is 4.90 Å². The summed E-state index contributed by atoms with van der Waals surface area (Å²) < 4.78 is 0. The molecule has 0 spiro atoms. The molecule has 1 aliphatic heterocycles. The van der Waals surface area contributed by atoms with E-state index in [4.69, 9.17) is 5.73 Å². The minimum Gasteiger partial charge on any atom is -0.391 e. The van der Waals surface area contributed by atoms with Crippen LogP contribution < -0.4 is 5.73 Å². The summed E-state index contributed by atoms with van der Waals surface area (Å²) in [5.74, 6) is 0.644. The molecule has 1 heterocycles. The number of piperidine rings is 1. The summed E-state index contributed by atoms with van der Waals surface area (Å²) in [6, 6.07) is 1.03. The molecule has 0 aromatic rings. The Morgan fingerprint density at radius 1 is 1.19 bits per heavy atom. The predicted octanol–water partition coefficient (Wildman–Crippen LogP) is 1.35. The van der Waals surface area contributed by atoms with Gasteiger partial charge in [-0.2, -0.15) is 0 Å². The molecule has 3 N–H and O–H groups in total. The Labute approximate surface area is 99.0 Å². The maximum Gasteiger partial charge on any atom is 0.0695 e. The van der Waals surface area contributed by atoms with Crippen molar-refractivity contribution in [1.82, 2.24) is 4.90 Å². The van der Waals surface area contributed by atoms with E-state index in [0.717, 1.165) is 19.5 Å². The second-order valence-electron chi connectivity index (χ2n) is 5.64. The number of hydrogen-bond acceptors (Lipinski definition) is 3. The molecule has 0 aromatic carbocycles. The molecule has 16 heavy (non-hydrogen) atoms. The lowest BCUT2D eigenvalue weighted by Crippen LogP contribution is -2.54. The quantitative estimate of drug-likeness (QED) is 0.747. The lowest BCUT2D eigenvalue weighted by Gasteiger charge is -2.45. The third-order valence-electron chi connectivity index (χ3n) is 4.48. The van der Waals surface area contributed by atoms with Crippen LogP contribution in [0.15, 0.2) is 0 Å². The fourth-order valence-corrected chi connectivity index (χ4v) is 3.35. The van der Waals surface area contributed by atoms with Crippen LogP contribution in [0.3, 0.4) is 0 Å². The van der Waals surface area contributed by atoms with Crippen LogP contribution in [0.4, 0.5) is 0 Å². The normalized spacial score (nSPS) is 42.2. The lowest BCUT2D eigenvalue weighted by atomic mass is 9.86. The maximum atomic E-state index is 10.1. The first kappa shape index (κ1) is 12.3. The van der Waals surface area contributed by atoms with Crippen molar-refractivity contribution in [3.05, 3.63) is 0 Å². The van der Waals surface area contributed by atoms with Gasteiger partial charge in [0.25, 0.3) is 0 Å². The summed E-state index contributed by atoms with van der Waals surface area (Å²) in [4.78, 5) is 2.53. The molecule has 2 rings (SSSR count). The minimum absolute atomic E-state index is 0.104. The fourth-order valence-electron chi connectivity index (χ4n) is 3.35. The molecule has 0 radical (unpaired) electrons. The topological polar surface area (TPSA) is 49.5 Å². The van der Waals surface area contributed by atoms with Crippen LogP contribution in [0.2, 0.25) is 0 Å². The molecule has 3 nitrogen and oxygen atoms in total. The van der Waals surface area contributed by atoms with Crippen LogP contribution in [0.5, 0.6) is 0 Å². The van der Waals surface area contributed by atoms with Gasteiger partial charge in [-0.1, -0.05) is 12.8 Å². The van der Waals surface area contributed by atoms with Crippen molar-refractivity contribution in [2.45, 2.75) is 63.6 Å². The molecule has 0 bridgehead atoms. The zero-order valence-electron chi connectivity index (χ0n) is 10.4. The van der Waals surface area contributed by atoms with Crippen molar-refractivity contribution in [3.63, 3.8) is 0 Å². The summed E-state index contributed by atoms with van der Waals surface area (Å²) in [6.07, 6.45) is 7.03. The third-order valence-corrected chi connectivity index (χ3v) is 4.48. The Hall–Kier alpha value is -0.120. The van der Waals surface area contributed by atoms with Crippen LogP contribution in [0.1, 0.15) is 45.4 Å². The van der Waals surface area contributed by atoms with E-state index in [-0.39, 0.29) is 6.10 Å². The summed E-state index contributed by atoms with van der Waals surface area (Å²) in [5.41, 5.74) is 5.79. The predicted molar refractivity (Wildman–Crippen MR) is 66.2 cm³/mol. The van der Waals surface area contributed by atoms with Crippen LogP contribution in [0, 0.1) is 5.92 Å². The summed E-state index contributed by atoms with van der Waals surface area (Å²) in [6.45, 7) is 4.19. The number of hydrogen-bond donors (Lipinski definition) is 2. The van der Waals surface area contributed by atoms with E-state index in [1.54, 1.807) is 0 Å². The molecule has 0 aromatic heterocycles. The molecule has 2 fully saturated rings. The molecule has 2 aliphatic rings. The highest BCUT2D eigenvalue weighted by atomic mass is 16.3. The molecular formula is C13H26N2O. The molecule has 4 atom stereocenters. The molecule has 4 unspecified atom stereocenters. The second kappa shape index (κ2) is 5.48. The Balaban J connectivity index is 1.99. The first-order valence-electron chi connectivity index (χ1n) is 6.86. The Bertz CT molecular complexity index is 222. The van der Waals surface area contributed by atoms with E-state index < -0.39 is 0 Å². The van der Waals surface area contributed by atoms with E-state index in [0.29, 0.717) is 18.0 Å². The zero-order valence-corrected chi connectivity index (χ0v) is 10.4. The van der Waals surface area contributed by atoms with Crippen LogP contribution >= 0.6 is 0 Å². The van der Waals surface area contributed by atoms with E-state index >= 15 is 0 Å². The van der Waals surface area contributed by atoms with Gasteiger partial charge in [-0.05, 0) is 45.1 Å². The molecule has 94 valence electrons. The first-order valence-corrected chi connectivity index (χ1v) is 6.86. The monoisotopic (exact) mass is 226 g/mol. The molecule has 3 heteroatoms. The van der Waals surface area contributed by atoms with Crippen LogP contribution in [-0.2, 0) is 0 Å². The van der Waals surface area contributed by atoms with E-state index in [9.17, 15) is 5.11 Å². The van der Waals surface area contributed by atoms with Crippen LogP contribution in [-0.4, -0.2) is 41.3 Å². The number of aliphatic hydroxyl groups excluding tert-OH is 1. The summed E-state index contributed by atoms with van der Waals surface area (Å²) >= 11 is 0. The molecule has 0 amide bonds. The number of likely N-dealkylation sites (tertiary alicyclic amines) is 1. The maximum absolute atomic E-state index is 10.1. The number of nitrogens with two attached hydrogens (primary N) is 1. The van der Waals surface area contributed by atoms with Gasteiger partial charge in [-0.25, -0.2) is 0 Å². The van der Waals surface area contributed by atoms with Gasteiger partial charge in [0.05, 0.1) is 6.10 Å². The zero-order chi connectivity index (χ0) is 11.5. The molecule has 1 saturated heterocycles. The Kier molecular flexibility index (Phi) is 4.22. The SMILES string of the molecule is CC1CCC(CN)CN1C1CCCCC1O. The Morgan fingerprint density at radius 2 is 1.94 bits per heavy atom. The lowest BCUT2D eigenvalue weighted by molar-refractivity contribution is -0.0222. The number of aliphatic hydroxyl groups is 1. The molecule has 1 aliphatic carbocycles. The number of rotatable bonds is 2. The average Bonchev–Trinajstić information content (AvgIpc) is 2.31.